The minimum absolute atomic E-state index is 0.0103. The summed E-state index contributed by atoms with van der Waals surface area (Å²) in [5.74, 6) is -0.468. The summed E-state index contributed by atoms with van der Waals surface area (Å²) in [7, 11) is -3.16. The number of amidine groups is 1. The highest BCUT2D eigenvalue weighted by Crippen LogP contribution is 2.40. The Morgan fingerprint density at radius 3 is 2.34 bits per heavy atom. The quantitative estimate of drug-likeness (QED) is 0.650. The third-order valence-electron chi connectivity index (χ3n) is 5.58. The van der Waals surface area contributed by atoms with Gasteiger partial charge < -0.3 is 15.0 Å². The van der Waals surface area contributed by atoms with Gasteiger partial charge in [0.15, 0.2) is 15.0 Å². The van der Waals surface area contributed by atoms with E-state index in [2.05, 4.69) is 10.3 Å². The van der Waals surface area contributed by atoms with Gasteiger partial charge in [-0.15, -0.1) is 0 Å². The lowest BCUT2D eigenvalue weighted by Gasteiger charge is -2.25. The molecule has 2 saturated heterocycles. The molecule has 4 rings (SSSR count). The Bertz CT molecular complexity index is 1210. The van der Waals surface area contributed by atoms with Gasteiger partial charge in [-0.1, -0.05) is 60.3 Å². The summed E-state index contributed by atoms with van der Waals surface area (Å²) in [4.78, 5) is 32.2. The number of nitrogens with zero attached hydrogens (tertiary/aromatic N) is 2. The molecule has 0 unspecified atom stereocenters. The molecule has 8 nitrogen and oxygen atoms in total. The average molecular weight is 516 g/mol. The van der Waals surface area contributed by atoms with Crippen LogP contribution in [-0.2, 0) is 25.8 Å². The van der Waals surface area contributed by atoms with Gasteiger partial charge in [-0.3, -0.25) is 4.79 Å². The summed E-state index contributed by atoms with van der Waals surface area (Å²) in [6.45, 7) is 5.25. The maximum absolute atomic E-state index is 13.4. The number of hydrogen-bond acceptors (Lipinski definition) is 6. The smallest absolute Gasteiger partial charge is 0.408 e. The van der Waals surface area contributed by atoms with Crippen molar-refractivity contribution in [1.82, 2.24) is 5.32 Å². The highest BCUT2D eigenvalue weighted by atomic mass is 32.2. The second-order valence-corrected chi connectivity index (χ2v) is 13.0. The first-order valence-electron chi connectivity index (χ1n) is 11.4. The van der Waals surface area contributed by atoms with Gasteiger partial charge in [0.25, 0.3) is 5.91 Å². The number of sulfone groups is 1. The zero-order chi connectivity index (χ0) is 25.2. The predicted molar refractivity (Wildman–Crippen MR) is 138 cm³/mol. The summed E-state index contributed by atoms with van der Waals surface area (Å²) in [5, 5.41) is 2.90. The van der Waals surface area contributed by atoms with Crippen LogP contribution < -0.4 is 10.2 Å². The number of alkyl carbamates (subject to hydrolysis) is 1. The maximum Gasteiger partial charge on any atom is 0.408 e. The molecule has 2 aliphatic heterocycles. The largest absolute Gasteiger partial charge is 0.444 e. The number of hydrogen-bond donors (Lipinski definition) is 1. The molecule has 0 bridgehead atoms. The first-order chi connectivity index (χ1) is 16.5. The van der Waals surface area contributed by atoms with Crippen LogP contribution in [0.25, 0.3) is 0 Å². The molecular weight excluding hydrogens is 486 g/mol. The fourth-order valence-corrected chi connectivity index (χ4v) is 8.05. The SMILES string of the molecule is CC(C)(C)OC(=O)N[C@@H](Cc1ccccc1)C(=O)N=C1S[C@H]2CS(=O)(=O)C[C@@H]2N1c1ccccc1. The Hall–Kier alpha value is -2.85. The zero-order valence-electron chi connectivity index (χ0n) is 19.9. The van der Waals surface area contributed by atoms with Crippen LogP contribution in [0.2, 0.25) is 0 Å². The van der Waals surface area contributed by atoms with E-state index in [4.69, 9.17) is 4.74 Å². The second kappa shape index (κ2) is 10.0. The van der Waals surface area contributed by atoms with E-state index in [9.17, 15) is 18.0 Å². The van der Waals surface area contributed by atoms with Gasteiger partial charge in [0.1, 0.15) is 11.6 Å². The molecule has 186 valence electrons. The number of fused-ring (bicyclic) bond motifs is 1. The first kappa shape index (κ1) is 25.2. The number of rotatable bonds is 5. The lowest BCUT2D eigenvalue weighted by atomic mass is 10.1. The molecule has 2 amide bonds. The summed E-state index contributed by atoms with van der Waals surface area (Å²) in [5.41, 5.74) is 0.921. The van der Waals surface area contributed by atoms with Crippen LogP contribution in [-0.4, -0.2) is 60.0 Å². The fourth-order valence-electron chi connectivity index (χ4n) is 4.13. The number of nitrogens with one attached hydrogen (secondary N) is 1. The number of anilines is 1. The van der Waals surface area contributed by atoms with Crippen LogP contribution in [0.15, 0.2) is 65.7 Å². The number of ether oxygens (including phenoxy) is 1. The molecule has 35 heavy (non-hydrogen) atoms. The Labute approximate surface area is 210 Å². The van der Waals surface area contributed by atoms with Crippen molar-refractivity contribution >= 4 is 44.5 Å². The fraction of sp³-hybridized carbons (Fsp3) is 0.400. The van der Waals surface area contributed by atoms with E-state index in [0.29, 0.717) is 5.17 Å². The van der Waals surface area contributed by atoms with Crippen LogP contribution in [0.1, 0.15) is 26.3 Å². The van der Waals surface area contributed by atoms with Gasteiger partial charge in [0.2, 0.25) is 0 Å². The second-order valence-electron chi connectivity index (χ2n) is 9.63. The first-order valence-corrected chi connectivity index (χ1v) is 14.1. The van der Waals surface area contributed by atoms with Crippen molar-refractivity contribution in [3.63, 3.8) is 0 Å². The highest BCUT2D eigenvalue weighted by molar-refractivity contribution is 8.16. The minimum Gasteiger partial charge on any atom is -0.444 e. The molecule has 2 fully saturated rings. The molecule has 3 atom stereocenters. The summed E-state index contributed by atoms with van der Waals surface area (Å²) in [6, 6.07) is 17.4. The Kier molecular flexibility index (Phi) is 7.23. The number of para-hydroxylation sites is 1. The van der Waals surface area contributed by atoms with E-state index in [-0.39, 0.29) is 29.2 Å². The summed E-state index contributed by atoms with van der Waals surface area (Å²) < 4.78 is 29.9. The van der Waals surface area contributed by atoms with E-state index in [0.717, 1.165) is 11.3 Å². The topological polar surface area (TPSA) is 105 Å². The van der Waals surface area contributed by atoms with Crippen LogP contribution in [0.4, 0.5) is 10.5 Å². The van der Waals surface area contributed by atoms with E-state index < -0.39 is 33.5 Å². The third-order valence-corrected chi connectivity index (χ3v) is 8.79. The van der Waals surface area contributed by atoms with Crippen LogP contribution in [0, 0.1) is 0 Å². The lowest BCUT2D eigenvalue weighted by Crippen LogP contribution is -2.45. The molecule has 0 saturated carbocycles. The van der Waals surface area contributed by atoms with E-state index in [1.54, 1.807) is 20.8 Å². The Morgan fingerprint density at radius 2 is 1.71 bits per heavy atom. The number of benzene rings is 2. The molecule has 0 spiro atoms. The minimum atomic E-state index is -3.16. The van der Waals surface area contributed by atoms with E-state index in [1.807, 2.05) is 65.6 Å². The number of carbonyl (C=O) groups is 2. The van der Waals surface area contributed by atoms with Crippen molar-refractivity contribution in [3.05, 3.63) is 66.2 Å². The molecule has 0 aromatic heterocycles. The van der Waals surface area contributed by atoms with E-state index >= 15 is 0 Å². The van der Waals surface area contributed by atoms with Crippen molar-refractivity contribution < 1.29 is 22.7 Å². The maximum atomic E-state index is 13.4. The molecular formula is C25H29N3O5S2. The van der Waals surface area contributed by atoms with Crippen LogP contribution in [0.3, 0.4) is 0 Å². The summed E-state index contributed by atoms with van der Waals surface area (Å²) >= 11 is 1.30. The van der Waals surface area contributed by atoms with Gasteiger partial charge in [0, 0.05) is 17.4 Å². The molecule has 1 N–H and O–H groups in total. The van der Waals surface area contributed by atoms with Crippen molar-refractivity contribution in [2.24, 2.45) is 4.99 Å². The molecule has 2 aromatic carbocycles. The van der Waals surface area contributed by atoms with Crippen molar-refractivity contribution in [3.8, 4) is 0 Å². The van der Waals surface area contributed by atoms with Crippen molar-refractivity contribution in [1.29, 1.82) is 0 Å². The van der Waals surface area contributed by atoms with Crippen molar-refractivity contribution in [2.75, 3.05) is 16.4 Å². The van der Waals surface area contributed by atoms with Crippen molar-refractivity contribution in [2.45, 2.75) is 50.1 Å². The predicted octanol–water partition coefficient (Wildman–Crippen LogP) is 3.42. The standard InChI is InChI=1S/C25H29N3O5S2/c1-25(2,3)33-24(30)26-19(14-17-10-6-4-7-11-17)22(29)27-23-28(18-12-8-5-9-13-18)20-15-35(31,32)16-21(20)34-23/h4-13,19-21H,14-16H2,1-3H3,(H,26,30)/t19-,20-,21-/m0/s1. The van der Waals surface area contributed by atoms with E-state index in [1.165, 1.54) is 11.8 Å². The molecule has 2 aliphatic rings. The van der Waals surface area contributed by atoms with Crippen LogP contribution >= 0.6 is 11.8 Å². The Morgan fingerprint density at radius 1 is 1.09 bits per heavy atom. The number of amides is 2. The Balaban J connectivity index is 1.63. The summed E-state index contributed by atoms with van der Waals surface area (Å²) in [6.07, 6.45) is -0.457. The molecule has 2 aromatic rings. The highest BCUT2D eigenvalue weighted by Gasteiger charge is 2.49. The normalized spacial score (nSPS) is 23.1. The average Bonchev–Trinajstić information content (AvgIpc) is 3.23. The van der Waals surface area contributed by atoms with Crippen LogP contribution in [0.5, 0.6) is 0 Å². The van der Waals surface area contributed by atoms with Gasteiger partial charge in [-0.25, -0.2) is 13.2 Å². The third kappa shape index (κ3) is 6.43. The lowest BCUT2D eigenvalue weighted by molar-refractivity contribution is -0.119. The number of carbonyl (C=O) groups excluding carboxylic acids is 2. The number of aliphatic imine (C=N–C) groups is 1. The molecule has 10 heteroatoms. The molecule has 0 radical (unpaired) electrons. The zero-order valence-corrected chi connectivity index (χ0v) is 21.5. The van der Waals surface area contributed by atoms with Gasteiger partial charge in [-0.05, 0) is 38.5 Å². The monoisotopic (exact) mass is 515 g/mol. The molecule has 0 aliphatic carbocycles. The molecule has 2 heterocycles. The number of thioether (sulfide) groups is 1. The van der Waals surface area contributed by atoms with Gasteiger partial charge >= 0.3 is 6.09 Å². The van der Waals surface area contributed by atoms with Gasteiger partial charge in [0.05, 0.1) is 17.5 Å². The van der Waals surface area contributed by atoms with Gasteiger partial charge in [-0.2, -0.15) is 4.99 Å².